The van der Waals surface area contributed by atoms with Crippen molar-refractivity contribution in [2.75, 3.05) is 13.1 Å². The fourth-order valence-corrected chi connectivity index (χ4v) is 3.15. The van der Waals surface area contributed by atoms with Crippen LogP contribution in [0.15, 0.2) is 48.8 Å². The molecule has 3 rings (SSSR count). The van der Waals surface area contributed by atoms with Gasteiger partial charge in [0.05, 0.1) is 0 Å². The minimum atomic E-state index is 0.536. The minimum Gasteiger partial charge on any atom is -0.367 e. The Kier molecular flexibility index (Phi) is 3.69. The first-order chi connectivity index (χ1) is 9.34. The van der Waals surface area contributed by atoms with Crippen LogP contribution in [0, 0.1) is 0 Å². The van der Waals surface area contributed by atoms with Crippen LogP contribution in [0.4, 0.5) is 0 Å². The molecule has 1 N–H and O–H groups in total. The number of aromatic nitrogens is 1. The second-order valence-electron chi connectivity index (χ2n) is 5.54. The van der Waals surface area contributed by atoms with E-state index in [1.54, 1.807) is 0 Å². The van der Waals surface area contributed by atoms with Crippen LogP contribution in [0.1, 0.15) is 42.9 Å². The number of H-pyrrole nitrogens is 1. The van der Waals surface area contributed by atoms with E-state index in [4.69, 9.17) is 0 Å². The predicted molar refractivity (Wildman–Crippen MR) is 79.2 cm³/mol. The molecule has 0 saturated carbocycles. The van der Waals surface area contributed by atoms with E-state index >= 15 is 0 Å². The molecule has 0 spiro atoms. The molecule has 1 aliphatic heterocycles. The van der Waals surface area contributed by atoms with E-state index in [-0.39, 0.29) is 0 Å². The molecule has 0 aliphatic carbocycles. The highest BCUT2D eigenvalue weighted by atomic mass is 15.2. The standard InChI is InChI=1S/C17H22N2/c1-14(15-5-3-2-4-6-15)19-11-8-16(9-12-19)17-7-10-18-13-17/h2-7,10,13-14,16,18H,8-9,11-12H2,1H3. The van der Waals surface area contributed by atoms with Gasteiger partial charge in [-0.2, -0.15) is 0 Å². The zero-order valence-corrected chi connectivity index (χ0v) is 11.5. The average molecular weight is 254 g/mol. The van der Waals surface area contributed by atoms with E-state index in [2.05, 4.69) is 59.4 Å². The highest BCUT2D eigenvalue weighted by Crippen LogP contribution is 2.31. The molecule has 0 radical (unpaired) electrons. The van der Waals surface area contributed by atoms with Crippen molar-refractivity contribution < 1.29 is 0 Å². The molecule has 1 aromatic heterocycles. The van der Waals surface area contributed by atoms with E-state index in [1.807, 2.05) is 6.20 Å². The van der Waals surface area contributed by atoms with Crippen molar-refractivity contribution in [3.63, 3.8) is 0 Å². The molecule has 1 aliphatic rings. The van der Waals surface area contributed by atoms with E-state index in [9.17, 15) is 0 Å². The van der Waals surface area contributed by atoms with Crippen molar-refractivity contribution in [3.8, 4) is 0 Å². The van der Waals surface area contributed by atoms with Gasteiger partial charge >= 0.3 is 0 Å². The number of benzene rings is 1. The highest BCUT2D eigenvalue weighted by Gasteiger charge is 2.24. The molecule has 1 fully saturated rings. The summed E-state index contributed by atoms with van der Waals surface area (Å²) in [5.74, 6) is 0.741. The molecule has 1 saturated heterocycles. The number of aromatic amines is 1. The van der Waals surface area contributed by atoms with Crippen LogP contribution in [0.5, 0.6) is 0 Å². The van der Waals surface area contributed by atoms with Gasteiger partial charge in [0.25, 0.3) is 0 Å². The van der Waals surface area contributed by atoms with Gasteiger partial charge in [-0.05, 0) is 56.0 Å². The molecular weight excluding hydrogens is 232 g/mol. The summed E-state index contributed by atoms with van der Waals surface area (Å²) in [6.07, 6.45) is 6.74. The van der Waals surface area contributed by atoms with Gasteiger partial charge in [-0.3, -0.25) is 4.90 Å². The van der Waals surface area contributed by atoms with Gasteiger partial charge in [0.15, 0.2) is 0 Å². The van der Waals surface area contributed by atoms with Gasteiger partial charge in [-0.15, -0.1) is 0 Å². The van der Waals surface area contributed by atoms with Crippen LogP contribution in [-0.2, 0) is 0 Å². The van der Waals surface area contributed by atoms with E-state index in [0.717, 1.165) is 5.92 Å². The molecule has 0 amide bonds. The Morgan fingerprint density at radius 3 is 2.47 bits per heavy atom. The fraction of sp³-hybridized carbons (Fsp3) is 0.412. The maximum Gasteiger partial charge on any atom is 0.0319 e. The summed E-state index contributed by atoms with van der Waals surface area (Å²) in [5.41, 5.74) is 2.91. The third-order valence-electron chi connectivity index (χ3n) is 4.45. The fourth-order valence-electron chi connectivity index (χ4n) is 3.15. The Bertz CT molecular complexity index is 481. The number of hydrogen-bond donors (Lipinski definition) is 1. The molecule has 2 heteroatoms. The Labute approximate surface area is 115 Å². The maximum atomic E-state index is 3.17. The van der Waals surface area contributed by atoms with Crippen LogP contribution >= 0.6 is 0 Å². The summed E-state index contributed by atoms with van der Waals surface area (Å²) < 4.78 is 0. The number of nitrogens with zero attached hydrogens (tertiary/aromatic N) is 1. The van der Waals surface area contributed by atoms with Crippen molar-refractivity contribution >= 4 is 0 Å². The first kappa shape index (κ1) is 12.5. The molecule has 1 aromatic carbocycles. The number of piperidine rings is 1. The van der Waals surface area contributed by atoms with E-state index < -0.39 is 0 Å². The third kappa shape index (κ3) is 2.74. The van der Waals surface area contributed by atoms with Gasteiger partial charge < -0.3 is 4.98 Å². The molecule has 100 valence electrons. The third-order valence-corrected chi connectivity index (χ3v) is 4.45. The lowest BCUT2D eigenvalue weighted by molar-refractivity contribution is 0.162. The quantitative estimate of drug-likeness (QED) is 0.878. The topological polar surface area (TPSA) is 19.0 Å². The van der Waals surface area contributed by atoms with Gasteiger partial charge in [0.2, 0.25) is 0 Å². The number of rotatable bonds is 3. The second kappa shape index (κ2) is 5.62. The zero-order valence-electron chi connectivity index (χ0n) is 11.5. The van der Waals surface area contributed by atoms with Crippen LogP contribution in [0.25, 0.3) is 0 Å². The van der Waals surface area contributed by atoms with Crippen molar-refractivity contribution in [2.24, 2.45) is 0 Å². The minimum absolute atomic E-state index is 0.536. The van der Waals surface area contributed by atoms with Crippen LogP contribution < -0.4 is 0 Å². The van der Waals surface area contributed by atoms with E-state index in [0.29, 0.717) is 6.04 Å². The van der Waals surface area contributed by atoms with Crippen LogP contribution in [0.2, 0.25) is 0 Å². The van der Waals surface area contributed by atoms with Crippen LogP contribution in [0.3, 0.4) is 0 Å². The normalized spacial score (nSPS) is 19.4. The predicted octanol–water partition coefficient (Wildman–Crippen LogP) is 3.96. The summed E-state index contributed by atoms with van der Waals surface area (Å²) in [6.45, 7) is 4.73. The largest absolute Gasteiger partial charge is 0.367 e. The molecule has 19 heavy (non-hydrogen) atoms. The summed E-state index contributed by atoms with van der Waals surface area (Å²) in [7, 11) is 0. The monoisotopic (exact) mass is 254 g/mol. The Hall–Kier alpha value is -1.54. The maximum absolute atomic E-state index is 3.17. The zero-order chi connectivity index (χ0) is 13.1. The Morgan fingerprint density at radius 1 is 1.11 bits per heavy atom. The van der Waals surface area contributed by atoms with Gasteiger partial charge in [-0.25, -0.2) is 0 Å². The smallest absolute Gasteiger partial charge is 0.0319 e. The molecule has 0 bridgehead atoms. The lowest BCUT2D eigenvalue weighted by Crippen LogP contribution is -2.34. The van der Waals surface area contributed by atoms with Gasteiger partial charge in [0.1, 0.15) is 0 Å². The lowest BCUT2D eigenvalue weighted by Gasteiger charge is -2.36. The van der Waals surface area contributed by atoms with Crippen LogP contribution in [-0.4, -0.2) is 23.0 Å². The van der Waals surface area contributed by atoms with Crippen molar-refractivity contribution in [1.82, 2.24) is 9.88 Å². The molecule has 2 nitrogen and oxygen atoms in total. The number of nitrogens with one attached hydrogen (secondary N) is 1. The first-order valence-electron chi connectivity index (χ1n) is 7.26. The summed E-state index contributed by atoms with van der Waals surface area (Å²) in [6, 6.07) is 13.6. The molecular formula is C17H22N2. The summed E-state index contributed by atoms with van der Waals surface area (Å²) >= 11 is 0. The van der Waals surface area contributed by atoms with Crippen molar-refractivity contribution in [1.29, 1.82) is 0 Å². The Balaban J connectivity index is 1.61. The SMILES string of the molecule is CC(c1ccccc1)N1CCC(c2cc[nH]c2)CC1. The van der Waals surface area contributed by atoms with Crippen molar-refractivity contribution in [2.45, 2.75) is 31.7 Å². The average Bonchev–Trinajstić information content (AvgIpc) is 3.02. The molecule has 2 aromatic rings. The second-order valence-corrected chi connectivity index (χ2v) is 5.54. The molecule has 1 unspecified atom stereocenters. The van der Waals surface area contributed by atoms with Gasteiger partial charge in [0, 0.05) is 18.4 Å². The Morgan fingerprint density at radius 2 is 1.84 bits per heavy atom. The first-order valence-corrected chi connectivity index (χ1v) is 7.26. The molecule has 1 atom stereocenters. The summed E-state index contributed by atoms with van der Waals surface area (Å²) in [4.78, 5) is 5.78. The lowest BCUT2D eigenvalue weighted by atomic mass is 9.90. The molecule has 2 heterocycles. The number of likely N-dealkylation sites (tertiary alicyclic amines) is 1. The number of hydrogen-bond acceptors (Lipinski definition) is 1. The van der Waals surface area contributed by atoms with Gasteiger partial charge in [-0.1, -0.05) is 30.3 Å². The van der Waals surface area contributed by atoms with E-state index in [1.165, 1.54) is 37.1 Å². The summed E-state index contributed by atoms with van der Waals surface area (Å²) in [5, 5.41) is 0. The van der Waals surface area contributed by atoms with Crippen molar-refractivity contribution in [3.05, 3.63) is 59.9 Å². The highest BCUT2D eigenvalue weighted by molar-refractivity contribution is 5.19.